The van der Waals surface area contributed by atoms with Crippen LogP contribution in [-0.2, 0) is 24.4 Å². The van der Waals surface area contributed by atoms with E-state index in [4.69, 9.17) is 14.2 Å². The molecule has 1 aliphatic heterocycles. The lowest BCUT2D eigenvalue weighted by molar-refractivity contribution is -0.127. The third kappa shape index (κ3) is 10.9. The summed E-state index contributed by atoms with van der Waals surface area (Å²) in [6.07, 6.45) is 6.09. The van der Waals surface area contributed by atoms with Crippen molar-refractivity contribution in [2.45, 2.75) is 53.2 Å². The maximum Gasteiger partial charge on any atom is 0.246 e. The second-order valence-electron chi connectivity index (χ2n) is 13.3. The molecule has 8 nitrogen and oxygen atoms in total. The van der Waals surface area contributed by atoms with Gasteiger partial charge < -0.3 is 19.1 Å². The SMILES string of the molecule is Cc1cc(/C=C/C(=O)N2CCN(Cc3ccc(CCOc4ccc(C(C)C)cc4)cc3)CC2)cc(C)c1Oc1ccc(OCc2cscn2)cn1.Cl. The molecule has 6 rings (SSSR count). The molecular formula is C42H47ClN4O4S. The zero-order valence-corrected chi connectivity index (χ0v) is 31.9. The summed E-state index contributed by atoms with van der Waals surface area (Å²) in [5, 5.41) is 1.96. The van der Waals surface area contributed by atoms with Gasteiger partial charge in [0.2, 0.25) is 11.8 Å². The van der Waals surface area contributed by atoms with E-state index < -0.39 is 0 Å². The highest BCUT2D eigenvalue weighted by molar-refractivity contribution is 7.07. The predicted molar refractivity (Wildman–Crippen MR) is 211 cm³/mol. The molecule has 0 aliphatic carbocycles. The first-order valence-corrected chi connectivity index (χ1v) is 18.5. The third-order valence-corrected chi connectivity index (χ3v) is 9.64. The summed E-state index contributed by atoms with van der Waals surface area (Å²) in [5.41, 5.74) is 9.44. The van der Waals surface area contributed by atoms with Crippen LogP contribution in [0.5, 0.6) is 23.1 Å². The Kier molecular flexibility index (Phi) is 13.8. The number of hydrogen-bond donors (Lipinski definition) is 0. The first-order valence-electron chi connectivity index (χ1n) is 17.5. The molecule has 1 saturated heterocycles. The number of carbonyl (C=O) groups excluding carboxylic acids is 1. The van der Waals surface area contributed by atoms with Crippen molar-refractivity contribution in [3.05, 3.63) is 135 Å². The number of amides is 1. The third-order valence-electron chi connectivity index (χ3n) is 9.01. The van der Waals surface area contributed by atoms with Gasteiger partial charge in [0.15, 0.2) is 0 Å². The lowest BCUT2D eigenvalue weighted by atomic mass is 10.0. The topological polar surface area (TPSA) is 77.0 Å². The summed E-state index contributed by atoms with van der Waals surface area (Å²) in [6, 6.07) is 24.9. The van der Waals surface area contributed by atoms with Gasteiger partial charge in [-0.1, -0.05) is 50.2 Å². The Morgan fingerprint density at radius 1 is 0.865 bits per heavy atom. The van der Waals surface area contributed by atoms with Crippen molar-refractivity contribution in [2.75, 3.05) is 32.8 Å². The van der Waals surface area contributed by atoms with E-state index in [0.29, 0.717) is 43.9 Å². The maximum absolute atomic E-state index is 13.1. The average molecular weight is 739 g/mol. The van der Waals surface area contributed by atoms with E-state index in [0.717, 1.165) is 59.9 Å². The molecule has 52 heavy (non-hydrogen) atoms. The van der Waals surface area contributed by atoms with Crippen molar-refractivity contribution in [3.8, 4) is 23.1 Å². The number of pyridine rings is 1. The Morgan fingerprint density at radius 3 is 2.19 bits per heavy atom. The fourth-order valence-electron chi connectivity index (χ4n) is 6.03. The minimum absolute atomic E-state index is 0. The summed E-state index contributed by atoms with van der Waals surface area (Å²) in [5.74, 6) is 3.37. The minimum Gasteiger partial charge on any atom is -0.493 e. The molecule has 0 radical (unpaired) electrons. The van der Waals surface area contributed by atoms with Crippen LogP contribution in [0.1, 0.15) is 58.8 Å². The van der Waals surface area contributed by atoms with Crippen molar-refractivity contribution >= 4 is 35.7 Å². The van der Waals surface area contributed by atoms with Crippen LogP contribution in [0.4, 0.5) is 0 Å². The van der Waals surface area contributed by atoms with Crippen molar-refractivity contribution < 1.29 is 19.0 Å². The second kappa shape index (κ2) is 18.7. The number of rotatable bonds is 14. The average Bonchev–Trinajstić information content (AvgIpc) is 3.67. The van der Waals surface area contributed by atoms with E-state index in [1.165, 1.54) is 16.7 Å². The normalized spacial score (nSPS) is 13.3. The molecule has 1 aliphatic rings. The van der Waals surface area contributed by atoms with Crippen LogP contribution in [0.15, 0.2) is 96.0 Å². The van der Waals surface area contributed by atoms with E-state index in [9.17, 15) is 4.79 Å². The number of piperazine rings is 1. The van der Waals surface area contributed by atoms with Crippen LogP contribution in [0.25, 0.3) is 6.08 Å². The van der Waals surface area contributed by atoms with Crippen LogP contribution in [0.2, 0.25) is 0 Å². The second-order valence-corrected chi connectivity index (χ2v) is 14.0. The number of thiazole rings is 1. The number of aryl methyl sites for hydroxylation is 2. The number of nitrogens with zero attached hydrogens (tertiary/aromatic N) is 4. The van der Waals surface area contributed by atoms with Crippen LogP contribution < -0.4 is 14.2 Å². The highest BCUT2D eigenvalue weighted by atomic mass is 35.5. The number of ether oxygens (including phenoxy) is 3. The standard InChI is InChI=1S/C42H46N4O4S.ClH/c1-30(2)36-10-12-38(13-11-36)48-22-17-33-5-7-34(8-6-33)26-45-18-20-46(21-19-45)41(47)16-9-35-23-31(3)42(32(4)24-35)50-40-15-14-39(25-43-40)49-27-37-28-51-29-44-37;/h5-16,23-25,28-30H,17-22,26-27H2,1-4H3;1H/b16-9+;. The summed E-state index contributed by atoms with van der Waals surface area (Å²) in [6.45, 7) is 13.5. The molecule has 0 saturated carbocycles. The van der Waals surface area contributed by atoms with Crippen LogP contribution in [-0.4, -0.2) is 58.5 Å². The van der Waals surface area contributed by atoms with E-state index >= 15 is 0 Å². The Hall–Kier alpha value is -4.70. The first-order chi connectivity index (χ1) is 24.8. The lowest BCUT2D eigenvalue weighted by Crippen LogP contribution is -2.47. The molecule has 1 amide bonds. The van der Waals surface area contributed by atoms with Gasteiger partial charge in [0.1, 0.15) is 23.9 Å². The van der Waals surface area contributed by atoms with E-state index in [1.807, 2.05) is 48.4 Å². The van der Waals surface area contributed by atoms with E-state index in [1.54, 1.807) is 35.2 Å². The summed E-state index contributed by atoms with van der Waals surface area (Å²) < 4.78 is 17.8. The lowest BCUT2D eigenvalue weighted by Gasteiger charge is -2.34. The Labute approximate surface area is 317 Å². The van der Waals surface area contributed by atoms with Gasteiger partial charge >= 0.3 is 0 Å². The predicted octanol–water partition coefficient (Wildman–Crippen LogP) is 9.05. The molecule has 3 aromatic carbocycles. The van der Waals surface area contributed by atoms with E-state index in [2.05, 4.69) is 77.2 Å². The highest BCUT2D eigenvalue weighted by Gasteiger charge is 2.20. The molecular weight excluding hydrogens is 692 g/mol. The summed E-state index contributed by atoms with van der Waals surface area (Å²) in [4.78, 5) is 26.1. The van der Waals surface area contributed by atoms with Crippen LogP contribution >= 0.6 is 23.7 Å². The number of carbonyl (C=O) groups is 1. The Balaban J connectivity index is 0.00000523. The van der Waals surface area contributed by atoms with Crippen LogP contribution in [0, 0.1) is 13.8 Å². The zero-order chi connectivity index (χ0) is 35.6. The van der Waals surface area contributed by atoms with Gasteiger partial charge in [0.25, 0.3) is 0 Å². The van der Waals surface area contributed by atoms with Gasteiger partial charge in [-0.3, -0.25) is 9.69 Å². The minimum atomic E-state index is 0. The molecule has 0 spiro atoms. The quantitative estimate of drug-likeness (QED) is 0.105. The van der Waals surface area contributed by atoms with Gasteiger partial charge in [-0.15, -0.1) is 23.7 Å². The molecule has 0 bridgehead atoms. The fraction of sp³-hybridized carbons (Fsp3) is 0.310. The smallest absolute Gasteiger partial charge is 0.246 e. The van der Waals surface area contributed by atoms with Gasteiger partial charge in [-0.25, -0.2) is 9.97 Å². The number of hydrogen-bond acceptors (Lipinski definition) is 8. The fourth-order valence-corrected chi connectivity index (χ4v) is 6.57. The first kappa shape index (κ1) is 38.5. The van der Waals surface area contributed by atoms with Gasteiger partial charge in [0.05, 0.1) is 24.0 Å². The van der Waals surface area contributed by atoms with Crippen molar-refractivity contribution in [1.29, 1.82) is 0 Å². The molecule has 5 aromatic rings. The van der Waals surface area contributed by atoms with E-state index in [-0.39, 0.29) is 18.3 Å². The number of benzene rings is 3. The van der Waals surface area contributed by atoms with Gasteiger partial charge in [-0.05, 0) is 89.6 Å². The Morgan fingerprint density at radius 2 is 1.56 bits per heavy atom. The van der Waals surface area contributed by atoms with Gasteiger partial charge in [0, 0.05) is 56.7 Å². The zero-order valence-electron chi connectivity index (χ0n) is 30.3. The highest BCUT2D eigenvalue weighted by Crippen LogP contribution is 2.30. The maximum atomic E-state index is 13.1. The van der Waals surface area contributed by atoms with Crippen LogP contribution in [0.3, 0.4) is 0 Å². The summed E-state index contributed by atoms with van der Waals surface area (Å²) in [7, 11) is 0. The van der Waals surface area contributed by atoms with Crippen molar-refractivity contribution in [2.24, 2.45) is 0 Å². The van der Waals surface area contributed by atoms with Gasteiger partial charge in [-0.2, -0.15) is 0 Å². The summed E-state index contributed by atoms with van der Waals surface area (Å²) >= 11 is 1.54. The monoisotopic (exact) mass is 738 g/mol. The number of halogens is 1. The Bertz CT molecular complexity index is 1870. The molecule has 0 atom stereocenters. The molecule has 272 valence electrons. The molecule has 3 heterocycles. The van der Waals surface area contributed by atoms with Crippen molar-refractivity contribution in [3.63, 3.8) is 0 Å². The largest absolute Gasteiger partial charge is 0.493 e. The molecule has 10 heteroatoms. The molecule has 0 N–H and O–H groups in total. The number of aromatic nitrogens is 2. The molecule has 1 fully saturated rings. The molecule has 2 aromatic heterocycles. The van der Waals surface area contributed by atoms with Crippen molar-refractivity contribution in [1.82, 2.24) is 19.8 Å². The molecule has 0 unspecified atom stereocenters.